The molecule has 7 heteroatoms. The molecule has 0 aliphatic heterocycles. The lowest BCUT2D eigenvalue weighted by Crippen LogP contribution is -2.31. The Bertz CT molecular complexity index is 703. The van der Waals surface area contributed by atoms with E-state index in [1.165, 1.54) is 56.7 Å². The number of nitrogens with one attached hydrogen (secondary N) is 1. The van der Waals surface area contributed by atoms with Crippen molar-refractivity contribution in [2.24, 2.45) is 5.92 Å². The summed E-state index contributed by atoms with van der Waals surface area (Å²) in [6.45, 7) is 0.829. The zero-order valence-electron chi connectivity index (χ0n) is 14.3. The first kappa shape index (κ1) is 17.1. The molecule has 2 fully saturated rings. The molecule has 0 spiro atoms. The number of amides is 1. The summed E-state index contributed by atoms with van der Waals surface area (Å²) in [6, 6.07) is 4.62. The van der Waals surface area contributed by atoms with Crippen molar-refractivity contribution in [2.75, 3.05) is 12.3 Å². The second-order valence-electron chi connectivity index (χ2n) is 6.98. The molecule has 0 aromatic carbocycles. The number of carbonyl (C=O) groups is 1. The van der Waals surface area contributed by atoms with Gasteiger partial charge in [-0.2, -0.15) is 0 Å². The van der Waals surface area contributed by atoms with Gasteiger partial charge in [-0.15, -0.1) is 21.5 Å². The van der Waals surface area contributed by atoms with Crippen LogP contribution in [0.2, 0.25) is 0 Å². The standard InChI is InChI=1S/C18H24N4OS2/c23-16(19-11-13-5-2-1-3-6-13)12-25-18-21-20-17(15-7-4-10-24-15)22(18)14-8-9-14/h4,7,10,13-14H,1-3,5-6,8-9,11-12H2,(H,19,23). The molecule has 0 unspecified atom stereocenters. The van der Waals surface area contributed by atoms with Gasteiger partial charge in [0.1, 0.15) is 0 Å². The van der Waals surface area contributed by atoms with Gasteiger partial charge < -0.3 is 5.32 Å². The van der Waals surface area contributed by atoms with Gasteiger partial charge in [-0.25, -0.2) is 0 Å². The molecule has 0 radical (unpaired) electrons. The van der Waals surface area contributed by atoms with Gasteiger partial charge >= 0.3 is 0 Å². The van der Waals surface area contributed by atoms with E-state index in [0.29, 0.717) is 17.7 Å². The van der Waals surface area contributed by atoms with Crippen molar-refractivity contribution < 1.29 is 4.79 Å². The topological polar surface area (TPSA) is 59.8 Å². The van der Waals surface area contributed by atoms with Gasteiger partial charge in [0, 0.05) is 12.6 Å². The van der Waals surface area contributed by atoms with Crippen LogP contribution in [0, 0.1) is 5.92 Å². The lowest BCUT2D eigenvalue weighted by molar-refractivity contribution is -0.118. The van der Waals surface area contributed by atoms with Crippen LogP contribution in [0.15, 0.2) is 22.7 Å². The monoisotopic (exact) mass is 376 g/mol. The van der Waals surface area contributed by atoms with Crippen LogP contribution in [0.1, 0.15) is 51.0 Å². The Morgan fingerprint density at radius 1 is 1.24 bits per heavy atom. The van der Waals surface area contributed by atoms with Crippen molar-refractivity contribution >= 4 is 29.0 Å². The molecule has 5 nitrogen and oxygen atoms in total. The first-order valence-corrected chi connectivity index (χ1v) is 11.1. The average Bonchev–Trinajstić information content (AvgIpc) is 3.17. The largest absolute Gasteiger partial charge is 0.355 e. The first-order chi connectivity index (χ1) is 12.3. The van der Waals surface area contributed by atoms with Gasteiger partial charge in [0.05, 0.1) is 10.6 Å². The molecule has 2 saturated carbocycles. The number of nitrogens with zero attached hydrogens (tertiary/aromatic N) is 3. The van der Waals surface area contributed by atoms with Crippen molar-refractivity contribution in [3.05, 3.63) is 17.5 Å². The van der Waals surface area contributed by atoms with E-state index < -0.39 is 0 Å². The number of rotatable bonds is 7. The third kappa shape index (κ3) is 4.26. The highest BCUT2D eigenvalue weighted by molar-refractivity contribution is 7.99. The highest BCUT2D eigenvalue weighted by atomic mass is 32.2. The predicted molar refractivity (Wildman–Crippen MR) is 102 cm³/mol. The Hall–Kier alpha value is -1.34. The Morgan fingerprint density at radius 3 is 2.80 bits per heavy atom. The maximum Gasteiger partial charge on any atom is 0.230 e. The van der Waals surface area contributed by atoms with Crippen LogP contribution in [-0.4, -0.2) is 33.0 Å². The zero-order chi connectivity index (χ0) is 17.1. The molecular weight excluding hydrogens is 352 g/mol. The van der Waals surface area contributed by atoms with E-state index in [1.807, 2.05) is 6.07 Å². The van der Waals surface area contributed by atoms with Gasteiger partial charge in [0.15, 0.2) is 11.0 Å². The second-order valence-corrected chi connectivity index (χ2v) is 8.87. The molecule has 1 N–H and O–H groups in total. The van der Waals surface area contributed by atoms with Crippen molar-refractivity contribution in [1.82, 2.24) is 20.1 Å². The predicted octanol–water partition coefficient (Wildman–Crippen LogP) is 4.13. The average molecular weight is 377 g/mol. The van der Waals surface area contributed by atoms with E-state index in [1.54, 1.807) is 11.3 Å². The summed E-state index contributed by atoms with van der Waals surface area (Å²) in [5.41, 5.74) is 0. The van der Waals surface area contributed by atoms with Crippen LogP contribution in [-0.2, 0) is 4.79 Å². The number of carbonyl (C=O) groups excluding carboxylic acids is 1. The van der Waals surface area contributed by atoms with Crippen molar-refractivity contribution in [3.8, 4) is 10.7 Å². The van der Waals surface area contributed by atoms with Crippen LogP contribution >= 0.6 is 23.1 Å². The van der Waals surface area contributed by atoms with Crippen LogP contribution in [0.25, 0.3) is 10.7 Å². The van der Waals surface area contributed by atoms with Crippen LogP contribution in [0.3, 0.4) is 0 Å². The lowest BCUT2D eigenvalue weighted by atomic mass is 9.89. The smallest absolute Gasteiger partial charge is 0.230 e. The highest BCUT2D eigenvalue weighted by Gasteiger charge is 2.30. The van der Waals surface area contributed by atoms with Crippen molar-refractivity contribution in [1.29, 1.82) is 0 Å². The number of hydrogen-bond donors (Lipinski definition) is 1. The SMILES string of the molecule is O=C(CSc1nnc(-c2cccs2)n1C1CC1)NCC1CCCCC1. The number of aromatic nitrogens is 3. The quantitative estimate of drug-likeness (QED) is 0.738. The normalized spacial score (nSPS) is 18.4. The molecule has 0 saturated heterocycles. The zero-order valence-corrected chi connectivity index (χ0v) is 16.0. The lowest BCUT2D eigenvalue weighted by Gasteiger charge is -2.21. The Balaban J connectivity index is 1.34. The summed E-state index contributed by atoms with van der Waals surface area (Å²) in [4.78, 5) is 13.4. The van der Waals surface area contributed by atoms with Gasteiger partial charge in [-0.05, 0) is 43.0 Å². The van der Waals surface area contributed by atoms with Crippen molar-refractivity contribution in [2.45, 2.75) is 56.1 Å². The van der Waals surface area contributed by atoms with Gasteiger partial charge in [0.25, 0.3) is 0 Å². The molecule has 134 valence electrons. The van der Waals surface area contributed by atoms with E-state index in [9.17, 15) is 4.79 Å². The van der Waals surface area contributed by atoms with Crippen LogP contribution < -0.4 is 5.32 Å². The van der Waals surface area contributed by atoms with Crippen LogP contribution in [0.5, 0.6) is 0 Å². The van der Waals surface area contributed by atoms with E-state index in [2.05, 4.69) is 31.5 Å². The summed E-state index contributed by atoms with van der Waals surface area (Å²) < 4.78 is 2.23. The Morgan fingerprint density at radius 2 is 2.08 bits per heavy atom. The summed E-state index contributed by atoms with van der Waals surface area (Å²) in [7, 11) is 0. The highest BCUT2D eigenvalue weighted by Crippen LogP contribution is 2.41. The molecule has 2 aliphatic rings. The van der Waals surface area contributed by atoms with Crippen molar-refractivity contribution in [3.63, 3.8) is 0 Å². The molecule has 2 aromatic heterocycles. The minimum Gasteiger partial charge on any atom is -0.355 e. The Kier molecular flexibility index (Phi) is 5.41. The molecule has 2 heterocycles. The summed E-state index contributed by atoms with van der Waals surface area (Å²) >= 11 is 3.20. The first-order valence-electron chi connectivity index (χ1n) is 9.19. The summed E-state index contributed by atoms with van der Waals surface area (Å²) in [5, 5.41) is 14.8. The summed E-state index contributed by atoms with van der Waals surface area (Å²) in [6.07, 6.45) is 8.84. The molecule has 1 amide bonds. The molecule has 0 bridgehead atoms. The fourth-order valence-corrected chi connectivity index (χ4v) is 4.98. The fraction of sp³-hybridized carbons (Fsp3) is 0.611. The van der Waals surface area contributed by atoms with Gasteiger partial charge in [0.2, 0.25) is 5.91 Å². The third-order valence-electron chi connectivity index (χ3n) is 4.96. The van der Waals surface area contributed by atoms with E-state index in [4.69, 9.17) is 0 Å². The van der Waals surface area contributed by atoms with E-state index in [-0.39, 0.29) is 5.91 Å². The number of hydrogen-bond acceptors (Lipinski definition) is 5. The molecule has 25 heavy (non-hydrogen) atoms. The fourth-order valence-electron chi connectivity index (χ4n) is 3.44. The molecule has 0 atom stereocenters. The molecule has 2 aliphatic carbocycles. The molecule has 4 rings (SSSR count). The van der Waals surface area contributed by atoms with Gasteiger partial charge in [-0.1, -0.05) is 37.1 Å². The maximum atomic E-state index is 12.2. The third-order valence-corrected chi connectivity index (χ3v) is 6.77. The van der Waals surface area contributed by atoms with E-state index in [0.717, 1.165) is 22.4 Å². The van der Waals surface area contributed by atoms with Crippen LogP contribution in [0.4, 0.5) is 0 Å². The van der Waals surface area contributed by atoms with E-state index >= 15 is 0 Å². The number of thiophene rings is 1. The number of thioether (sulfide) groups is 1. The molecule has 2 aromatic rings. The minimum absolute atomic E-state index is 0.110. The van der Waals surface area contributed by atoms with Gasteiger partial charge in [-0.3, -0.25) is 9.36 Å². The molecular formula is C18H24N4OS2. The Labute approximate surface area is 156 Å². The minimum atomic E-state index is 0.110. The summed E-state index contributed by atoms with van der Waals surface area (Å²) in [5.74, 6) is 2.15. The maximum absolute atomic E-state index is 12.2. The second kappa shape index (κ2) is 7.91.